The van der Waals surface area contributed by atoms with Crippen molar-refractivity contribution < 1.29 is 43.5 Å². The lowest BCUT2D eigenvalue weighted by Gasteiger charge is -2.59. The van der Waals surface area contributed by atoms with Gasteiger partial charge in [-0.1, -0.05) is 37.1 Å². The van der Waals surface area contributed by atoms with Crippen LogP contribution in [0.4, 0.5) is 4.79 Å². The third kappa shape index (κ3) is 9.84. The fourth-order valence-corrected chi connectivity index (χ4v) is 9.64. The molecule has 2 aliphatic heterocycles. The molecule has 4 aliphatic rings. The van der Waals surface area contributed by atoms with Crippen LogP contribution in [-0.2, 0) is 19.0 Å². The van der Waals surface area contributed by atoms with E-state index in [0.717, 1.165) is 72.4 Å². The van der Waals surface area contributed by atoms with E-state index in [-0.39, 0.29) is 44.2 Å². The van der Waals surface area contributed by atoms with E-state index in [1.54, 1.807) is 22.7 Å². The van der Waals surface area contributed by atoms with Crippen LogP contribution in [0.5, 0.6) is 17.2 Å². The summed E-state index contributed by atoms with van der Waals surface area (Å²) in [6.45, 7) is 9.57. The standard InChI is InChI=1S/C45H62N2O9S/c1-5-23-47(44(50)51-7-3)40-30-38(46-56-41-16-10-13-27-52-41)36-28-31(14-8-11-24-48)35(15-9-12-25-49)42-37-29-33(54-32-17-20-34(57-4)21-18-32)19-22-39(37)55-45(40,43(36)42)53-26-6-2/h6,17-22,28-29,31,35,40-43,48-49H,2,5,7-16,23-27,30H2,1,3-4H3/t31-,35+,40-,41?,42+,43+,45+/m0/s1. The van der Waals surface area contributed by atoms with Crippen molar-refractivity contribution in [3.63, 3.8) is 0 Å². The second-order valence-electron chi connectivity index (χ2n) is 15.3. The maximum atomic E-state index is 14.0. The number of oxime groups is 1. The molecule has 11 nitrogen and oxygen atoms in total. The number of aliphatic hydroxyl groups excluding tert-OH is 2. The monoisotopic (exact) mass is 806 g/mol. The number of rotatable bonds is 20. The number of unbranched alkanes of at least 4 members (excludes halogenated alkanes) is 2. The number of carbonyl (C=O) groups excluding carboxylic acids is 1. The first-order chi connectivity index (χ1) is 27.9. The van der Waals surface area contributed by atoms with Crippen LogP contribution in [0.3, 0.4) is 0 Å². The molecule has 1 amide bonds. The molecule has 2 heterocycles. The van der Waals surface area contributed by atoms with Gasteiger partial charge in [0.05, 0.1) is 31.5 Å². The summed E-state index contributed by atoms with van der Waals surface area (Å²) in [5, 5.41) is 24.7. The molecule has 1 saturated carbocycles. The Labute approximate surface area is 342 Å². The molecular formula is C45H62N2O9S. The van der Waals surface area contributed by atoms with Crippen molar-refractivity contribution in [3.8, 4) is 17.2 Å². The van der Waals surface area contributed by atoms with Crippen LogP contribution in [0.2, 0.25) is 0 Å². The number of hydrogen-bond donors (Lipinski definition) is 2. The molecule has 0 radical (unpaired) electrons. The number of thioether (sulfide) groups is 1. The van der Waals surface area contributed by atoms with Crippen molar-refractivity contribution in [2.75, 3.05) is 45.8 Å². The van der Waals surface area contributed by atoms with Crippen LogP contribution in [0.1, 0.15) is 96.0 Å². The summed E-state index contributed by atoms with van der Waals surface area (Å²) in [6, 6.07) is 13.4. The van der Waals surface area contributed by atoms with Crippen molar-refractivity contribution in [2.24, 2.45) is 22.9 Å². The zero-order chi connectivity index (χ0) is 40.2. The van der Waals surface area contributed by atoms with Gasteiger partial charge in [-0.25, -0.2) is 4.79 Å². The third-order valence-corrected chi connectivity index (χ3v) is 12.4. The van der Waals surface area contributed by atoms with E-state index in [1.807, 2.05) is 50.2 Å². The summed E-state index contributed by atoms with van der Waals surface area (Å²) in [6.07, 6.45) is 13.7. The fraction of sp³-hybridized carbons (Fsp3) is 0.600. The van der Waals surface area contributed by atoms with E-state index < -0.39 is 30.1 Å². The fourth-order valence-electron chi connectivity index (χ4n) is 9.23. The Morgan fingerprint density at radius 3 is 2.51 bits per heavy atom. The zero-order valence-corrected chi connectivity index (χ0v) is 34.8. The Kier molecular flexibility index (Phi) is 15.8. The summed E-state index contributed by atoms with van der Waals surface area (Å²) in [4.78, 5) is 23.2. The Balaban J connectivity index is 1.57. The van der Waals surface area contributed by atoms with Gasteiger partial charge in [-0.05, 0) is 118 Å². The van der Waals surface area contributed by atoms with Gasteiger partial charge in [0.1, 0.15) is 23.3 Å². The molecule has 7 atom stereocenters. The molecule has 2 aromatic rings. The predicted molar refractivity (Wildman–Crippen MR) is 222 cm³/mol. The lowest BCUT2D eigenvalue weighted by molar-refractivity contribution is -0.255. The van der Waals surface area contributed by atoms with Gasteiger partial charge in [-0.2, -0.15) is 0 Å². The normalized spacial score (nSPS) is 27.0. The van der Waals surface area contributed by atoms with Crippen molar-refractivity contribution in [3.05, 3.63) is 72.3 Å². The zero-order valence-electron chi connectivity index (χ0n) is 33.9. The third-order valence-electron chi connectivity index (χ3n) is 11.7. The van der Waals surface area contributed by atoms with Gasteiger partial charge in [0.25, 0.3) is 0 Å². The molecule has 0 bridgehead atoms. The number of aliphatic hydroxyl groups is 2. The number of amides is 1. The maximum Gasteiger partial charge on any atom is 0.410 e. The minimum atomic E-state index is -1.35. The van der Waals surface area contributed by atoms with E-state index in [2.05, 4.69) is 25.0 Å². The summed E-state index contributed by atoms with van der Waals surface area (Å²) >= 11 is 1.68. The second kappa shape index (κ2) is 20.9. The van der Waals surface area contributed by atoms with Crippen molar-refractivity contribution >= 4 is 23.6 Å². The van der Waals surface area contributed by atoms with Gasteiger partial charge in [-0.15, -0.1) is 18.3 Å². The molecule has 312 valence electrons. The van der Waals surface area contributed by atoms with Crippen molar-refractivity contribution in [1.29, 1.82) is 0 Å². The highest BCUT2D eigenvalue weighted by Gasteiger charge is 2.65. The van der Waals surface area contributed by atoms with E-state index in [1.165, 1.54) is 0 Å². The molecule has 2 fully saturated rings. The lowest BCUT2D eigenvalue weighted by atomic mass is 9.55. The SMILES string of the molecule is C=CCO[C@@]12Oc3ccc(Oc4ccc(SC)cc4)cc3[C@H]3[C@H](CCCCO)[C@@H](CCCCO)C=C(C(=NOC4CCCCO4)C[C@@H]1N(CCC)C(=O)OCC)[C@H]32. The summed E-state index contributed by atoms with van der Waals surface area (Å²) in [5.74, 6) is 0.375. The van der Waals surface area contributed by atoms with Gasteiger partial charge in [-0.3, -0.25) is 4.90 Å². The average Bonchev–Trinajstić information content (AvgIpc) is 3.23. The van der Waals surface area contributed by atoms with Crippen LogP contribution >= 0.6 is 11.8 Å². The Bertz CT molecular complexity index is 1680. The number of ether oxygens (including phenoxy) is 5. The quantitative estimate of drug-likeness (QED) is 0.0579. The molecular weight excluding hydrogens is 745 g/mol. The van der Waals surface area contributed by atoms with Crippen LogP contribution < -0.4 is 9.47 Å². The average molecular weight is 807 g/mol. The number of carbonyl (C=O) groups is 1. The smallest absolute Gasteiger partial charge is 0.410 e. The van der Waals surface area contributed by atoms with E-state index in [4.69, 9.17) is 33.7 Å². The first-order valence-corrected chi connectivity index (χ1v) is 22.2. The van der Waals surface area contributed by atoms with E-state index in [9.17, 15) is 15.0 Å². The molecule has 57 heavy (non-hydrogen) atoms. The molecule has 1 unspecified atom stereocenters. The number of hydrogen-bond acceptors (Lipinski definition) is 11. The summed E-state index contributed by atoms with van der Waals surface area (Å²) in [7, 11) is 0. The molecule has 2 N–H and O–H groups in total. The number of fused-ring (bicyclic) bond motifs is 2. The molecule has 0 aromatic heterocycles. The number of benzene rings is 2. The number of allylic oxidation sites excluding steroid dienone is 1. The van der Waals surface area contributed by atoms with Crippen LogP contribution in [0.25, 0.3) is 0 Å². The number of nitrogens with zero attached hydrogens (tertiary/aromatic N) is 2. The lowest BCUT2D eigenvalue weighted by Crippen LogP contribution is -2.70. The molecule has 6 rings (SSSR count). The Morgan fingerprint density at radius 1 is 1.05 bits per heavy atom. The van der Waals surface area contributed by atoms with Crippen molar-refractivity contribution in [2.45, 2.75) is 113 Å². The first-order valence-electron chi connectivity index (χ1n) is 21.0. The van der Waals surface area contributed by atoms with Gasteiger partial charge in [0.2, 0.25) is 12.1 Å². The van der Waals surface area contributed by atoms with Gasteiger partial charge in [0.15, 0.2) is 0 Å². The first kappa shape index (κ1) is 43.0. The van der Waals surface area contributed by atoms with Gasteiger partial charge >= 0.3 is 6.09 Å². The topological polar surface area (TPSA) is 129 Å². The highest BCUT2D eigenvalue weighted by molar-refractivity contribution is 7.98. The molecule has 0 spiro atoms. The Morgan fingerprint density at radius 2 is 1.82 bits per heavy atom. The van der Waals surface area contributed by atoms with Crippen LogP contribution in [-0.4, -0.2) is 90.9 Å². The van der Waals surface area contributed by atoms with Gasteiger partial charge < -0.3 is 38.7 Å². The molecule has 1 saturated heterocycles. The summed E-state index contributed by atoms with van der Waals surface area (Å²) < 4.78 is 32.5. The minimum absolute atomic E-state index is 0.0966. The molecule has 2 aliphatic carbocycles. The van der Waals surface area contributed by atoms with E-state index >= 15 is 0 Å². The van der Waals surface area contributed by atoms with Crippen LogP contribution in [0.15, 0.2) is 76.8 Å². The Hall–Kier alpha value is -3.55. The highest BCUT2D eigenvalue weighted by atomic mass is 32.2. The largest absolute Gasteiger partial charge is 0.459 e. The highest BCUT2D eigenvalue weighted by Crippen LogP contribution is 2.62. The minimum Gasteiger partial charge on any atom is -0.459 e. The maximum absolute atomic E-state index is 14.0. The van der Waals surface area contributed by atoms with Gasteiger partial charge in [0, 0.05) is 49.0 Å². The molecule has 12 heteroatoms. The second-order valence-corrected chi connectivity index (χ2v) is 16.2. The van der Waals surface area contributed by atoms with Crippen molar-refractivity contribution in [1.82, 2.24) is 4.90 Å². The predicted octanol–water partition coefficient (Wildman–Crippen LogP) is 9.23. The van der Waals surface area contributed by atoms with E-state index in [0.29, 0.717) is 50.3 Å². The molecule has 2 aromatic carbocycles. The summed E-state index contributed by atoms with van der Waals surface area (Å²) in [5.41, 5.74) is 2.72. The van der Waals surface area contributed by atoms with Crippen LogP contribution in [0, 0.1) is 17.8 Å².